The molecule has 128 valence electrons. The van der Waals surface area contributed by atoms with Gasteiger partial charge in [0, 0.05) is 12.1 Å². The zero-order chi connectivity index (χ0) is 17.7. The minimum absolute atomic E-state index is 0.0788. The predicted molar refractivity (Wildman–Crippen MR) is 87.8 cm³/mol. The lowest BCUT2D eigenvalue weighted by molar-refractivity contribution is -0.384. The quantitative estimate of drug-likeness (QED) is 0.605. The van der Waals surface area contributed by atoms with Crippen LogP contribution < -0.4 is 4.74 Å². The zero-order valence-electron chi connectivity index (χ0n) is 13.0. The first kappa shape index (κ1) is 17.9. The second kappa shape index (κ2) is 7.41. The number of ether oxygens (including phenoxy) is 1. The van der Waals surface area contributed by atoms with Crippen molar-refractivity contribution in [2.24, 2.45) is 0 Å². The van der Waals surface area contributed by atoms with Gasteiger partial charge >= 0.3 is 0 Å². The molecule has 2 aromatic carbocycles. The summed E-state index contributed by atoms with van der Waals surface area (Å²) in [5.41, 5.74) is 0.862. The Kier molecular flexibility index (Phi) is 5.53. The minimum atomic E-state index is -3.62. The number of non-ortho nitro benzene ring substituents is 1. The maximum atomic E-state index is 12.2. The molecule has 0 fully saturated rings. The number of sulfone groups is 1. The fourth-order valence-corrected chi connectivity index (χ4v) is 3.35. The highest BCUT2D eigenvalue weighted by Gasteiger charge is 2.20. The number of hydrogen-bond donors (Lipinski definition) is 1. The summed E-state index contributed by atoms with van der Waals surface area (Å²) in [5.74, 6) is -0.157. The van der Waals surface area contributed by atoms with Crippen molar-refractivity contribution < 1.29 is 23.2 Å². The number of nitro groups is 1. The maximum Gasteiger partial charge on any atom is 0.269 e. The first-order chi connectivity index (χ1) is 11.3. The van der Waals surface area contributed by atoms with E-state index in [0.717, 1.165) is 5.56 Å². The van der Waals surface area contributed by atoms with E-state index in [-0.39, 0.29) is 17.2 Å². The van der Waals surface area contributed by atoms with Crippen LogP contribution in [-0.4, -0.2) is 36.9 Å². The Hall–Kier alpha value is -2.45. The van der Waals surface area contributed by atoms with Gasteiger partial charge in [0.25, 0.3) is 5.69 Å². The van der Waals surface area contributed by atoms with Gasteiger partial charge in [-0.3, -0.25) is 10.1 Å². The van der Waals surface area contributed by atoms with Gasteiger partial charge in [0.05, 0.1) is 15.6 Å². The van der Waals surface area contributed by atoms with Gasteiger partial charge in [-0.1, -0.05) is 17.7 Å². The van der Waals surface area contributed by atoms with Crippen LogP contribution in [0.5, 0.6) is 5.75 Å². The summed E-state index contributed by atoms with van der Waals surface area (Å²) in [4.78, 5) is 10.2. The molecule has 1 unspecified atom stereocenters. The highest BCUT2D eigenvalue weighted by molar-refractivity contribution is 7.91. The van der Waals surface area contributed by atoms with E-state index in [0.29, 0.717) is 5.75 Å². The summed E-state index contributed by atoms with van der Waals surface area (Å²) in [6, 6.07) is 11.7. The van der Waals surface area contributed by atoms with Crippen molar-refractivity contribution in [3.63, 3.8) is 0 Å². The Labute approximate surface area is 139 Å². The third kappa shape index (κ3) is 4.77. The molecule has 0 bridgehead atoms. The molecule has 0 spiro atoms. The standard InChI is InChI=1S/C16H17NO6S/c1-12-2-8-16(9-3-12)24(21,22)11-14(18)10-23-15-6-4-13(5-7-15)17(19)20/h2-9,14,18H,10-11H2,1H3. The first-order valence-electron chi connectivity index (χ1n) is 7.13. The summed E-state index contributed by atoms with van der Waals surface area (Å²) >= 11 is 0. The van der Waals surface area contributed by atoms with Crippen molar-refractivity contribution in [2.75, 3.05) is 12.4 Å². The van der Waals surface area contributed by atoms with E-state index in [4.69, 9.17) is 4.74 Å². The Bertz CT molecular complexity index is 799. The normalized spacial score (nSPS) is 12.6. The van der Waals surface area contributed by atoms with Crippen LogP contribution in [0, 0.1) is 17.0 Å². The van der Waals surface area contributed by atoms with Gasteiger partial charge in [-0.2, -0.15) is 0 Å². The molecule has 2 rings (SSSR count). The average molecular weight is 351 g/mol. The number of nitro benzene ring substituents is 1. The molecular formula is C16H17NO6S. The van der Waals surface area contributed by atoms with Crippen LogP contribution in [0.15, 0.2) is 53.4 Å². The van der Waals surface area contributed by atoms with Crippen LogP contribution in [0.4, 0.5) is 5.69 Å². The second-order valence-electron chi connectivity index (χ2n) is 5.31. The van der Waals surface area contributed by atoms with Crippen LogP contribution >= 0.6 is 0 Å². The van der Waals surface area contributed by atoms with Gasteiger partial charge in [0.1, 0.15) is 18.5 Å². The molecule has 8 heteroatoms. The van der Waals surface area contributed by atoms with Crippen LogP contribution in [0.25, 0.3) is 0 Å². The SMILES string of the molecule is Cc1ccc(S(=O)(=O)CC(O)COc2ccc([N+](=O)[O-])cc2)cc1. The molecule has 1 atom stereocenters. The molecule has 0 amide bonds. The van der Waals surface area contributed by atoms with Gasteiger partial charge in [-0.05, 0) is 31.2 Å². The summed E-state index contributed by atoms with van der Waals surface area (Å²) in [5, 5.41) is 20.4. The molecule has 24 heavy (non-hydrogen) atoms. The zero-order valence-corrected chi connectivity index (χ0v) is 13.8. The van der Waals surface area contributed by atoms with E-state index in [1.54, 1.807) is 12.1 Å². The maximum absolute atomic E-state index is 12.2. The van der Waals surface area contributed by atoms with Crippen LogP contribution in [0.3, 0.4) is 0 Å². The van der Waals surface area contributed by atoms with Crippen molar-refractivity contribution in [3.05, 3.63) is 64.2 Å². The first-order valence-corrected chi connectivity index (χ1v) is 8.78. The number of aliphatic hydroxyl groups excluding tert-OH is 1. The molecular weight excluding hydrogens is 334 g/mol. The van der Waals surface area contributed by atoms with Crippen LogP contribution in [0.1, 0.15) is 5.56 Å². The molecule has 0 saturated heterocycles. The predicted octanol–water partition coefficient (Wildman–Crippen LogP) is 2.12. The minimum Gasteiger partial charge on any atom is -0.491 e. The van der Waals surface area contributed by atoms with Crippen LogP contribution in [-0.2, 0) is 9.84 Å². The van der Waals surface area contributed by atoms with Gasteiger partial charge in [-0.15, -0.1) is 0 Å². The number of aliphatic hydroxyl groups is 1. The smallest absolute Gasteiger partial charge is 0.269 e. The lowest BCUT2D eigenvalue weighted by Crippen LogP contribution is -2.27. The van der Waals surface area contributed by atoms with E-state index in [1.807, 2.05) is 6.92 Å². The van der Waals surface area contributed by atoms with Gasteiger partial charge in [-0.25, -0.2) is 8.42 Å². The summed E-state index contributed by atoms with van der Waals surface area (Å²) in [6.07, 6.45) is -1.22. The molecule has 1 N–H and O–H groups in total. The number of hydrogen-bond acceptors (Lipinski definition) is 6. The summed E-state index contributed by atoms with van der Waals surface area (Å²) < 4.78 is 29.7. The number of rotatable bonds is 7. The Morgan fingerprint density at radius 3 is 2.25 bits per heavy atom. The number of aryl methyl sites for hydroxylation is 1. The van der Waals surface area contributed by atoms with E-state index < -0.39 is 26.6 Å². The lowest BCUT2D eigenvalue weighted by Gasteiger charge is -2.13. The van der Waals surface area contributed by atoms with Crippen molar-refractivity contribution in [1.82, 2.24) is 0 Å². The van der Waals surface area contributed by atoms with E-state index in [1.165, 1.54) is 36.4 Å². The van der Waals surface area contributed by atoms with Gasteiger partial charge in [0.15, 0.2) is 9.84 Å². The largest absolute Gasteiger partial charge is 0.491 e. The molecule has 0 aliphatic heterocycles. The van der Waals surface area contributed by atoms with Gasteiger partial charge in [0.2, 0.25) is 0 Å². The topological polar surface area (TPSA) is 107 Å². The molecule has 0 aliphatic rings. The van der Waals surface area contributed by atoms with E-state index in [9.17, 15) is 23.6 Å². The molecule has 0 saturated carbocycles. The fourth-order valence-electron chi connectivity index (χ4n) is 2.00. The molecule has 0 radical (unpaired) electrons. The van der Waals surface area contributed by atoms with Crippen molar-refractivity contribution in [2.45, 2.75) is 17.9 Å². The molecule has 0 heterocycles. The van der Waals surface area contributed by atoms with Crippen molar-refractivity contribution in [1.29, 1.82) is 0 Å². The summed E-state index contributed by atoms with van der Waals surface area (Å²) in [7, 11) is -3.62. The van der Waals surface area contributed by atoms with E-state index in [2.05, 4.69) is 0 Å². The fraction of sp³-hybridized carbons (Fsp3) is 0.250. The summed E-state index contributed by atoms with van der Waals surface area (Å²) in [6.45, 7) is 1.62. The Morgan fingerprint density at radius 2 is 1.71 bits per heavy atom. The third-order valence-corrected chi connectivity index (χ3v) is 5.10. The highest BCUT2D eigenvalue weighted by Crippen LogP contribution is 2.18. The van der Waals surface area contributed by atoms with Crippen molar-refractivity contribution >= 4 is 15.5 Å². The van der Waals surface area contributed by atoms with Crippen LogP contribution in [0.2, 0.25) is 0 Å². The number of benzene rings is 2. The number of nitrogens with zero attached hydrogens (tertiary/aromatic N) is 1. The third-order valence-electron chi connectivity index (χ3n) is 3.28. The highest BCUT2D eigenvalue weighted by atomic mass is 32.2. The Morgan fingerprint density at radius 1 is 1.12 bits per heavy atom. The molecule has 2 aromatic rings. The average Bonchev–Trinajstić information content (AvgIpc) is 2.53. The molecule has 7 nitrogen and oxygen atoms in total. The molecule has 0 aromatic heterocycles. The van der Waals surface area contributed by atoms with Gasteiger partial charge < -0.3 is 9.84 Å². The Balaban J connectivity index is 1.93. The van der Waals surface area contributed by atoms with E-state index >= 15 is 0 Å². The second-order valence-corrected chi connectivity index (χ2v) is 7.34. The molecule has 0 aliphatic carbocycles. The van der Waals surface area contributed by atoms with Crippen molar-refractivity contribution in [3.8, 4) is 5.75 Å². The monoisotopic (exact) mass is 351 g/mol. The lowest BCUT2D eigenvalue weighted by atomic mass is 10.2.